The van der Waals surface area contributed by atoms with Crippen LogP contribution in [0, 0.1) is 0 Å². The molecule has 0 saturated carbocycles. The molecule has 1 fully saturated rings. The summed E-state index contributed by atoms with van der Waals surface area (Å²) in [5.74, 6) is 0. The molecule has 0 spiro atoms. The molecule has 1 aliphatic heterocycles. The number of piperidine rings is 1. The van der Waals surface area contributed by atoms with Gasteiger partial charge in [-0.25, -0.2) is 0 Å². The van der Waals surface area contributed by atoms with Crippen LogP contribution in [0.2, 0.25) is 0 Å². The van der Waals surface area contributed by atoms with Gasteiger partial charge in [-0.15, -0.1) is 0 Å². The minimum Gasteiger partial charge on any atom is -0.374 e. The average molecular weight is 264 g/mol. The van der Waals surface area contributed by atoms with E-state index in [9.17, 15) is 5.11 Å². The van der Waals surface area contributed by atoms with E-state index in [0.29, 0.717) is 0 Å². The Morgan fingerprint density at radius 1 is 1.37 bits per heavy atom. The van der Waals surface area contributed by atoms with E-state index in [4.69, 9.17) is 4.74 Å². The molecule has 4 nitrogen and oxygen atoms in total. The molecule has 2 rings (SSSR count). The maximum Gasteiger partial charge on any atom is 0.169 e. The van der Waals surface area contributed by atoms with Crippen LogP contribution in [0.15, 0.2) is 24.5 Å². The molecule has 1 atom stereocenters. The van der Waals surface area contributed by atoms with Crippen molar-refractivity contribution >= 4 is 0 Å². The van der Waals surface area contributed by atoms with Crippen LogP contribution in [-0.2, 0) is 10.5 Å². The number of ether oxygens (including phenoxy) is 1. The van der Waals surface area contributed by atoms with E-state index in [0.717, 1.165) is 31.5 Å². The third kappa shape index (κ3) is 3.53. The normalized spacial score (nSPS) is 20.4. The summed E-state index contributed by atoms with van der Waals surface area (Å²) in [6.45, 7) is 6.08. The Kier molecular flexibility index (Phi) is 4.91. The van der Waals surface area contributed by atoms with Crippen molar-refractivity contribution in [1.29, 1.82) is 0 Å². The number of aliphatic hydroxyl groups is 1. The second-order valence-corrected chi connectivity index (χ2v) is 5.47. The predicted octanol–water partition coefficient (Wildman–Crippen LogP) is 2.14. The van der Waals surface area contributed by atoms with Gasteiger partial charge in [-0.3, -0.25) is 9.88 Å². The standard InChI is InChI=1S/C15H24N2O2/c1-13(2)19-12-15(18,14-7-6-8-16-11-14)17-9-4-3-5-10-17/h6-8,11,13,18H,3-5,9-10,12H2,1-2H3. The molecular formula is C15H24N2O2. The summed E-state index contributed by atoms with van der Waals surface area (Å²) in [7, 11) is 0. The second-order valence-electron chi connectivity index (χ2n) is 5.47. The van der Waals surface area contributed by atoms with Crippen LogP contribution in [-0.4, -0.2) is 40.8 Å². The molecule has 1 N–H and O–H groups in total. The molecule has 0 radical (unpaired) electrons. The largest absolute Gasteiger partial charge is 0.374 e. The lowest BCUT2D eigenvalue weighted by atomic mass is 10.00. The summed E-state index contributed by atoms with van der Waals surface area (Å²) >= 11 is 0. The van der Waals surface area contributed by atoms with Crippen molar-refractivity contribution in [2.45, 2.75) is 44.9 Å². The van der Waals surface area contributed by atoms with Gasteiger partial charge in [0.1, 0.15) is 0 Å². The first-order chi connectivity index (χ1) is 9.13. The van der Waals surface area contributed by atoms with E-state index in [1.165, 1.54) is 6.42 Å². The molecule has 19 heavy (non-hydrogen) atoms. The maximum absolute atomic E-state index is 11.1. The number of aromatic nitrogens is 1. The Labute approximate surface area is 115 Å². The summed E-state index contributed by atoms with van der Waals surface area (Å²) in [4.78, 5) is 6.25. The Morgan fingerprint density at radius 2 is 2.11 bits per heavy atom. The van der Waals surface area contributed by atoms with Crippen molar-refractivity contribution in [3.05, 3.63) is 30.1 Å². The lowest BCUT2D eigenvalue weighted by molar-refractivity contribution is -0.173. The van der Waals surface area contributed by atoms with E-state index in [1.807, 2.05) is 26.0 Å². The van der Waals surface area contributed by atoms with Gasteiger partial charge in [0.05, 0.1) is 12.7 Å². The van der Waals surface area contributed by atoms with E-state index in [1.54, 1.807) is 12.4 Å². The molecule has 2 heterocycles. The van der Waals surface area contributed by atoms with Gasteiger partial charge in [0.15, 0.2) is 5.72 Å². The zero-order chi connectivity index (χ0) is 13.7. The lowest BCUT2D eigenvalue weighted by Crippen LogP contribution is -2.52. The van der Waals surface area contributed by atoms with Gasteiger partial charge in [0.25, 0.3) is 0 Å². The van der Waals surface area contributed by atoms with Crippen molar-refractivity contribution in [2.75, 3.05) is 19.7 Å². The molecule has 1 saturated heterocycles. The Hall–Kier alpha value is -0.970. The highest BCUT2D eigenvalue weighted by Gasteiger charge is 2.37. The Bertz CT molecular complexity index is 377. The van der Waals surface area contributed by atoms with Crippen molar-refractivity contribution in [3.63, 3.8) is 0 Å². The molecule has 1 aromatic heterocycles. The molecule has 0 amide bonds. The first-order valence-corrected chi connectivity index (χ1v) is 7.12. The fourth-order valence-electron chi connectivity index (χ4n) is 2.50. The SMILES string of the molecule is CC(C)OCC(O)(c1cccnc1)N1CCCCC1. The topological polar surface area (TPSA) is 45.6 Å². The lowest BCUT2D eigenvalue weighted by Gasteiger charge is -2.42. The zero-order valence-corrected chi connectivity index (χ0v) is 11.9. The minimum absolute atomic E-state index is 0.105. The number of likely N-dealkylation sites (tertiary alicyclic amines) is 1. The highest BCUT2D eigenvalue weighted by Crippen LogP contribution is 2.29. The van der Waals surface area contributed by atoms with Gasteiger partial charge in [-0.2, -0.15) is 0 Å². The summed E-state index contributed by atoms with van der Waals surface area (Å²) in [6, 6.07) is 3.78. The van der Waals surface area contributed by atoms with Crippen LogP contribution in [0.25, 0.3) is 0 Å². The highest BCUT2D eigenvalue weighted by atomic mass is 16.5. The van der Waals surface area contributed by atoms with Crippen LogP contribution in [0.3, 0.4) is 0 Å². The number of rotatable bonds is 5. The van der Waals surface area contributed by atoms with E-state index >= 15 is 0 Å². The molecular weight excluding hydrogens is 240 g/mol. The monoisotopic (exact) mass is 264 g/mol. The van der Waals surface area contributed by atoms with Gasteiger partial charge < -0.3 is 9.84 Å². The minimum atomic E-state index is -1.06. The van der Waals surface area contributed by atoms with Crippen LogP contribution < -0.4 is 0 Å². The van der Waals surface area contributed by atoms with E-state index in [-0.39, 0.29) is 12.7 Å². The van der Waals surface area contributed by atoms with Crippen LogP contribution >= 0.6 is 0 Å². The Balaban J connectivity index is 2.21. The first-order valence-electron chi connectivity index (χ1n) is 7.12. The smallest absolute Gasteiger partial charge is 0.169 e. The molecule has 0 aliphatic carbocycles. The van der Waals surface area contributed by atoms with Crippen LogP contribution in [0.1, 0.15) is 38.7 Å². The average Bonchev–Trinajstić information content (AvgIpc) is 2.46. The van der Waals surface area contributed by atoms with E-state index < -0.39 is 5.72 Å². The number of hydrogen-bond donors (Lipinski definition) is 1. The van der Waals surface area contributed by atoms with Crippen LogP contribution in [0.4, 0.5) is 0 Å². The van der Waals surface area contributed by atoms with Crippen molar-refractivity contribution in [3.8, 4) is 0 Å². The fourth-order valence-corrected chi connectivity index (χ4v) is 2.50. The quantitative estimate of drug-likeness (QED) is 0.885. The number of hydrogen-bond acceptors (Lipinski definition) is 4. The molecule has 0 aromatic carbocycles. The molecule has 4 heteroatoms. The summed E-state index contributed by atoms with van der Waals surface area (Å²) in [5, 5.41) is 11.1. The predicted molar refractivity (Wildman–Crippen MR) is 74.6 cm³/mol. The molecule has 1 aliphatic rings. The van der Waals surface area contributed by atoms with Crippen molar-refractivity contribution in [1.82, 2.24) is 9.88 Å². The Morgan fingerprint density at radius 3 is 2.68 bits per heavy atom. The van der Waals surface area contributed by atoms with Gasteiger partial charge in [-0.1, -0.05) is 12.5 Å². The summed E-state index contributed by atoms with van der Waals surface area (Å²) in [5.41, 5.74) is -0.239. The van der Waals surface area contributed by atoms with Gasteiger partial charge in [0, 0.05) is 31.0 Å². The molecule has 1 aromatic rings. The van der Waals surface area contributed by atoms with Crippen molar-refractivity contribution < 1.29 is 9.84 Å². The molecule has 0 bridgehead atoms. The number of nitrogens with zero attached hydrogens (tertiary/aromatic N) is 2. The summed E-state index contributed by atoms with van der Waals surface area (Å²) < 4.78 is 5.70. The first kappa shape index (κ1) is 14.4. The van der Waals surface area contributed by atoms with Gasteiger partial charge in [0.2, 0.25) is 0 Å². The van der Waals surface area contributed by atoms with Gasteiger partial charge in [-0.05, 0) is 32.8 Å². The third-order valence-corrected chi connectivity index (χ3v) is 3.62. The van der Waals surface area contributed by atoms with E-state index in [2.05, 4.69) is 9.88 Å². The zero-order valence-electron chi connectivity index (χ0n) is 11.9. The third-order valence-electron chi connectivity index (χ3n) is 3.62. The van der Waals surface area contributed by atoms with Gasteiger partial charge >= 0.3 is 0 Å². The highest BCUT2D eigenvalue weighted by molar-refractivity contribution is 5.18. The maximum atomic E-state index is 11.1. The van der Waals surface area contributed by atoms with Crippen molar-refractivity contribution in [2.24, 2.45) is 0 Å². The van der Waals surface area contributed by atoms with Crippen LogP contribution in [0.5, 0.6) is 0 Å². The fraction of sp³-hybridized carbons (Fsp3) is 0.667. The second kappa shape index (κ2) is 6.46. The molecule has 106 valence electrons. The number of pyridine rings is 1. The molecule has 1 unspecified atom stereocenters. The summed E-state index contributed by atoms with van der Waals surface area (Å²) in [6.07, 6.45) is 7.06.